The summed E-state index contributed by atoms with van der Waals surface area (Å²) in [5.41, 5.74) is -2.17. The molecule has 0 saturated heterocycles. The number of benzene rings is 2. The van der Waals surface area contributed by atoms with Crippen molar-refractivity contribution in [1.82, 2.24) is 3.97 Å². The van der Waals surface area contributed by atoms with Gasteiger partial charge in [0.2, 0.25) is 0 Å². The van der Waals surface area contributed by atoms with Gasteiger partial charge in [-0.25, -0.2) is 17.2 Å². The van der Waals surface area contributed by atoms with Gasteiger partial charge in [0.1, 0.15) is 0 Å². The summed E-state index contributed by atoms with van der Waals surface area (Å²) < 4.78 is 77.8. The molecule has 0 saturated carbocycles. The van der Waals surface area contributed by atoms with E-state index in [0.717, 1.165) is 22.2 Å². The molecule has 0 fully saturated rings. The van der Waals surface area contributed by atoms with Gasteiger partial charge in [-0.05, 0) is 57.2 Å². The molecule has 3 rings (SSSR count). The summed E-state index contributed by atoms with van der Waals surface area (Å²) in [7, 11) is -4.16. The van der Waals surface area contributed by atoms with E-state index < -0.39 is 33.3 Å². The minimum absolute atomic E-state index is 0.0386. The Labute approximate surface area is 183 Å². The van der Waals surface area contributed by atoms with E-state index in [1.807, 2.05) is 0 Å². The second-order valence-corrected chi connectivity index (χ2v) is 9.30. The molecule has 0 aliphatic heterocycles. The highest BCUT2D eigenvalue weighted by Crippen LogP contribution is 2.34. The molecule has 0 radical (unpaired) electrons. The smallest absolute Gasteiger partial charge is 0.416 e. The second kappa shape index (κ2) is 8.59. The van der Waals surface area contributed by atoms with E-state index in [2.05, 4.69) is 0 Å². The predicted octanol–water partition coefficient (Wildman–Crippen LogP) is 4.76. The number of esters is 1. The van der Waals surface area contributed by atoms with Gasteiger partial charge in [0.25, 0.3) is 10.0 Å². The molecule has 0 aliphatic rings. The normalized spacial score (nSPS) is 12.8. The first-order valence-electron chi connectivity index (χ1n) is 9.71. The van der Waals surface area contributed by atoms with Crippen LogP contribution in [-0.4, -0.2) is 30.6 Å². The van der Waals surface area contributed by atoms with E-state index in [-0.39, 0.29) is 34.7 Å². The highest BCUT2D eigenvalue weighted by molar-refractivity contribution is 7.90. The number of halogens is 3. The van der Waals surface area contributed by atoms with Gasteiger partial charge < -0.3 is 9.47 Å². The van der Waals surface area contributed by atoms with Crippen LogP contribution in [0.1, 0.15) is 32.0 Å². The van der Waals surface area contributed by atoms with Crippen molar-refractivity contribution < 1.29 is 35.9 Å². The van der Waals surface area contributed by atoms with Crippen LogP contribution in [0, 0.1) is 0 Å². The predicted molar refractivity (Wildman–Crippen MR) is 111 cm³/mol. The van der Waals surface area contributed by atoms with Gasteiger partial charge in [-0.1, -0.05) is 18.2 Å². The maximum Gasteiger partial charge on any atom is 0.416 e. The van der Waals surface area contributed by atoms with E-state index in [9.17, 15) is 26.4 Å². The molecule has 0 amide bonds. The minimum atomic E-state index is -4.59. The summed E-state index contributed by atoms with van der Waals surface area (Å²) in [5.74, 6) is -0.645. The summed E-state index contributed by atoms with van der Waals surface area (Å²) in [6.45, 7) is 4.34. The number of ether oxygens (including phenoxy) is 2. The summed E-state index contributed by atoms with van der Waals surface area (Å²) >= 11 is 0. The molecule has 3 aromatic rings. The average Bonchev–Trinajstić information content (AvgIpc) is 3.11. The average molecular weight is 469 g/mol. The van der Waals surface area contributed by atoms with Crippen molar-refractivity contribution in [2.24, 2.45) is 0 Å². The number of carbonyl (C=O) groups is 1. The summed E-state index contributed by atoms with van der Waals surface area (Å²) in [6.07, 6.45) is -4.59. The fraction of sp³-hybridized carbons (Fsp3) is 0.318. The van der Waals surface area contributed by atoms with Crippen molar-refractivity contribution in [3.63, 3.8) is 0 Å². The number of carbonyl (C=O) groups excluding carboxylic acids is 1. The zero-order chi connectivity index (χ0) is 23.7. The van der Waals surface area contributed by atoms with E-state index in [1.54, 1.807) is 25.1 Å². The third-order valence-corrected chi connectivity index (χ3v) is 6.57. The molecule has 0 N–H and O–H groups in total. The number of hydrogen-bond acceptors (Lipinski definition) is 5. The summed E-state index contributed by atoms with van der Waals surface area (Å²) in [5, 5.41) is 0.0758. The number of nitrogens with zero attached hydrogens (tertiary/aromatic N) is 1. The number of rotatable bonds is 7. The first-order valence-corrected chi connectivity index (χ1v) is 11.2. The molecule has 32 heavy (non-hydrogen) atoms. The van der Waals surface area contributed by atoms with Crippen LogP contribution < -0.4 is 0 Å². The fourth-order valence-electron chi connectivity index (χ4n) is 3.12. The Morgan fingerprint density at radius 3 is 2.28 bits per heavy atom. The Balaban J connectivity index is 2.14. The van der Waals surface area contributed by atoms with Crippen LogP contribution in [0.4, 0.5) is 13.2 Å². The first-order chi connectivity index (χ1) is 14.9. The number of alkyl halides is 3. The lowest BCUT2D eigenvalue weighted by atomic mass is 10.1. The maximum absolute atomic E-state index is 13.4. The Kier molecular flexibility index (Phi) is 6.39. The lowest BCUT2D eigenvalue weighted by Gasteiger charge is -2.23. The van der Waals surface area contributed by atoms with E-state index in [0.29, 0.717) is 0 Å². The molecule has 10 heteroatoms. The van der Waals surface area contributed by atoms with Gasteiger partial charge in [-0.3, -0.25) is 0 Å². The van der Waals surface area contributed by atoms with Crippen molar-refractivity contribution in [2.45, 2.75) is 44.1 Å². The monoisotopic (exact) mass is 469 g/mol. The standard InChI is InChI=1S/C22H22F3NO5S/c1-4-30-20(27)21(2,3)31-14-17-13-15-12-16(22(23,24)25)10-11-19(15)26(17)32(28,29)18-8-6-5-7-9-18/h5-13H,4,14H2,1-3H3. The first kappa shape index (κ1) is 23.8. The fourth-order valence-corrected chi connectivity index (χ4v) is 4.68. The van der Waals surface area contributed by atoms with Crippen molar-refractivity contribution in [3.8, 4) is 0 Å². The van der Waals surface area contributed by atoms with Crippen LogP contribution in [0.15, 0.2) is 59.5 Å². The number of aromatic nitrogens is 1. The molecular formula is C22H22F3NO5S. The van der Waals surface area contributed by atoms with Crippen molar-refractivity contribution in [3.05, 3.63) is 65.9 Å². The summed E-state index contributed by atoms with van der Waals surface area (Å²) in [4.78, 5) is 12.1. The van der Waals surface area contributed by atoms with Gasteiger partial charge >= 0.3 is 12.1 Å². The van der Waals surface area contributed by atoms with E-state index in [1.165, 1.54) is 32.0 Å². The molecule has 0 aliphatic carbocycles. The molecule has 0 spiro atoms. The van der Waals surface area contributed by atoms with Gasteiger partial charge in [0.15, 0.2) is 5.60 Å². The quantitative estimate of drug-likeness (QED) is 0.467. The zero-order valence-corrected chi connectivity index (χ0v) is 18.5. The number of fused-ring (bicyclic) bond motifs is 1. The Morgan fingerprint density at radius 1 is 1.03 bits per heavy atom. The molecule has 0 unspecified atom stereocenters. The molecular weight excluding hydrogens is 447 g/mol. The zero-order valence-electron chi connectivity index (χ0n) is 17.6. The molecule has 172 valence electrons. The molecule has 0 atom stereocenters. The third kappa shape index (κ3) is 4.66. The van der Waals surface area contributed by atoms with Crippen LogP contribution in [0.3, 0.4) is 0 Å². The molecule has 1 heterocycles. The van der Waals surface area contributed by atoms with Crippen LogP contribution in [0.2, 0.25) is 0 Å². The lowest BCUT2D eigenvalue weighted by molar-refractivity contribution is -0.169. The largest absolute Gasteiger partial charge is 0.464 e. The highest BCUT2D eigenvalue weighted by Gasteiger charge is 2.33. The maximum atomic E-state index is 13.4. The van der Waals surface area contributed by atoms with Crippen molar-refractivity contribution in [2.75, 3.05) is 6.61 Å². The van der Waals surface area contributed by atoms with Crippen LogP contribution in [0.5, 0.6) is 0 Å². The van der Waals surface area contributed by atoms with Gasteiger partial charge in [-0.15, -0.1) is 0 Å². The lowest BCUT2D eigenvalue weighted by Crippen LogP contribution is -2.37. The highest BCUT2D eigenvalue weighted by atomic mass is 32.2. The van der Waals surface area contributed by atoms with E-state index in [4.69, 9.17) is 9.47 Å². The SMILES string of the molecule is CCOC(=O)C(C)(C)OCc1cc2cc(C(F)(F)F)ccc2n1S(=O)(=O)c1ccccc1. The summed E-state index contributed by atoms with van der Waals surface area (Å²) in [6, 6.07) is 11.6. The van der Waals surface area contributed by atoms with Gasteiger partial charge in [-0.2, -0.15) is 13.2 Å². The van der Waals surface area contributed by atoms with Crippen LogP contribution in [-0.2, 0) is 37.1 Å². The third-order valence-electron chi connectivity index (χ3n) is 4.79. The Morgan fingerprint density at radius 2 is 1.69 bits per heavy atom. The topological polar surface area (TPSA) is 74.6 Å². The van der Waals surface area contributed by atoms with Crippen LogP contribution >= 0.6 is 0 Å². The van der Waals surface area contributed by atoms with Gasteiger partial charge in [0, 0.05) is 5.39 Å². The van der Waals surface area contributed by atoms with Crippen LogP contribution in [0.25, 0.3) is 10.9 Å². The second-order valence-electron chi connectivity index (χ2n) is 7.51. The molecule has 0 bridgehead atoms. The van der Waals surface area contributed by atoms with Crippen molar-refractivity contribution >= 4 is 26.9 Å². The molecule has 2 aromatic carbocycles. The molecule has 6 nitrogen and oxygen atoms in total. The Hall–Kier alpha value is -2.85. The van der Waals surface area contributed by atoms with E-state index >= 15 is 0 Å². The minimum Gasteiger partial charge on any atom is -0.464 e. The Bertz CT molecular complexity index is 1230. The van der Waals surface area contributed by atoms with Crippen molar-refractivity contribution in [1.29, 1.82) is 0 Å². The van der Waals surface area contributed by atoms with Gasteiger partial charge in [0.05, 0.1) is 34.9 Å². The molecule has 1 aromatic heterocycles. The number of hydrogen-bond donors (Lipinski definition) is 0.